The lowest BCUT2D eigenvalue weighted by Crippen LogP contribution is -2.66. The van der Waals surface area contributed by atoms with Gasteiger partial charge in [-0.2, -0.15) is 0 Å². The minimum Gasteiger partial charge on any atom is -0.508 e. The zero-order valence-corrected chi connectivity index (χ0v) is 35.7. The predicted molar refractivity (Wildman–Crippen MR) is 217 cm³/mol. The lowest BCUT2D eigenvalue weighted by molar-refractivity contribution is -0.380. The van der Waals surface area contributed by atoms with Crippen molar-refractivity contribution in [3.05, 3.63) is 65.2 Å². The van der Waals surface area contributed by atoms with E-state index in [0.717, 1.165) is 12.1 Å². The first kappa shape index (κ1) is 49.7. The van der Waals surface area contributed by atoms with Crippen LogP contribution in [0.1, 0.15) is 33.7 Å². The largest absolute Gasteiger partial charge is 0.508 e. The van der Waals surface area contributed by atoms with E-state index >= 15 is 0 Å². The molecular weight excluding hydrogens is 916 g/mol. The number of methoxy groups -OCH3 is 1. The number of carbonyl (C=O) groups excluding carboxylic acids is 1. The Morgan fingerprint density at radius 3 is 1.82 bits per heavy atom. The molecule has 0 radical (unpaired) electrons. The van der Waals surface area contributed by atoms with E-state index in [9.17, 15) is 76.3 Å². The molecule has 25 heteroatoms. The number of ketones is 1. The van der Waals surface area contributed by atoms with Gasteiger partial charge in [0.2, 0.25) is 5.78 Å². The SMILES string of the molecule is COc1cc([C@@H]2Oc3cc([C@H]4Oc5cc(O)cc(O)c5C(=O)[C@@H]4O)ccc3O[C@H]2CO[C@@H]2O[C@H](CO)[C@H](O)[C@H](O[C@H]3O[C@H](CO)[C@@H](O[C@H]4O[C@H](CO)[C@@H](O)[C@H](O)[C@H]4O)[C@H](O)[C@H]3O)[C@H]2O)ccc1O. The monoisotopic (exact) mass is 968 g/mol. The highest BCUT2D eigenvalue weighted by Gasteiger charge is 2.54. The van der Waals surface area contributed by atoms with Crippen LogP contribution in [0.5, 0.6) is 40.2 Å². The highest BCUT2D eigenvalue weighted by molar-refractivity contribution is 6.05. The number of aliphatic hydroxyl groups excluding tert-OH is 11. The van der Waals surface area contributed by atoms with Gasteiger partial charge in [0.25, 0.3) is 0 Å². The van der Waals surface area contributed by atoms with Crippen molar-refractivity contribution >= 4 is 5.78 Å². The summed E-state index contributed by atoms with van der Waals surface area (Å²) in [4.78, 5) is 13.2. The topological polar surface area (TPSA) is 393 Å². The van der Waals surface area contributed by atoms with E-state index in [-0.39, 0.29) is 39.9 Å². The molecule has 0 aromatic heterocycles. The Kier molecular flexibility index (Phi) is 14.8. The third-order valence-electron chi connectivity index (χ3n) is 12.3. The molecule has 14 N–H and O–H groups in total. The van der Waals surface area contributed by atoms with E-state index in [2.05, 4.69) is 0 Å². The fraction of sp³-hybridized carbons (Fsp3) is 0.558. The number of aromatic hydroxyl groups is 3. The highest BCUT2D eigenvalue weighted by atomic mass is 16.8. The minimum atomic E-state index is -2.07. The van der Waals surface area contributed by atoms with Gasteiger partial charge >= 0.3 is 0 Å². The van der Waals surface area contributed by atoms with E-state index < -0.39 is 160 Å². The molecule has 25 nitrogen and oxygen atoms in total. The molecule has 0 bridgehead atoms. The van der Waals surface area contributed by atoms with E-state index in [4.69, 9.17) is 47.4 Å². The van der Waals surface area contributed by atoms with Gasteiger partial charge in [-0.05, 0) is 29.8 Å². The first-order valence-electron chi connectivity index (χ1n) is 21.2. The maximum atomic E-state index is 13.2. The van der Waals surface area contributed by atoms with Crippen molar-refractivity contribution in [2.75, 3.05) is 33.5 Å². The second kappa shape index (κ2) is 20.3. The Labute approximate surface area is 384 Å². The van der Waals surface area contributed by atoms with Crippen LogP contribution in [-0.4, -0.2) is 215 Å². The molecule has 3 aromatic rings. The van der Waals surface area contributed by atoms with Crippen LogP contribution in [0.15, 0.2) is 48.5 Å². The fourth-order valence-electron chi connectivity index (χ4n) is 8.63. The summed E-state index contributed by atoms with van der Waals surface area (Å²) in [5, 5.41) is 147. The number of benzene rings is 3. The normalized spacial score (nSPS) is 38.1. The maximum absolute atomic E-state index is 13.2. The van der Waals surface area contributed by atoms with Crippen molar-refractivity contribution < 1.29 is 124 Å². The molecule has 0 saturated carbocycles. The van der Waals surface area contributed by atoms with Gasteiger partial charge < -0.3 is 119 Å². The summed E-state index contributed by atoms with van der Waals surface area (Å²) in [6.07, 6.45) is -32.2. The number of hydrogen-bond acceptors (Lipinski definition) is 25. The van der Waals surface area contributed by atoms with Gasteiger partial charge in [-0.1, -0.05) is 12.1 Å². The summed E-state index contributed by atoms with van der Waals surface area (Å²) < 4.78 is 58.1. The molecule has 19 atom stereocenters. The van der Waals surface area contributed by atoms with Crippen LogP contribution >= 0.6 is 0 Å². The number of ether oxygens (including phenoxy) is 10. The highest BCUT2D eigenvalue weighted by Crippen LogP contribution is 2.46. The molecule has 3 fully saturated rings. The van der Waals surface area contributed by atoms with Crippen LogP contribution < -0.4 is 18.9 Å². The van der Waals surface area contributed by atoms with Crippen molar-refractivity contribution in [3.63, 3.8) is 0 Å². The zero-order valence-electron chi connectivity index (χ0n) is 35.7. The Balaban J connectivity index is 0.996. The number of rotatable bonds is 13. The zero-order chi connectivity index (χ0) is 48.9. The van der Waals surface area contributed by atoms with Crippen LogP contribution in [0.4, 0.5) is 0 Å². The predicted octanol–water partition coefficient (Wildman–Crippen LogP) is -4.16. The number of Topliss-reactive ketones (excluding diaryl/α,β-unsaturated/α-hetero) is 1. The van der Waals surface area contributed by atoms with Crippen LogP contribution in [0.25, 0.3) is 0 Å². The lowest BCUT2D eigenvalue weighted by atomic mass is 9.92. The van der Waals surface area contributed by atoms with Crippen LogP contribution in [-0.2, 0) is 28.4 Å². The van der Waals surface area contributed by atoms with Crippen LogP contribution in [0.3, 0.4) is 0 Å². The quantitative estimate of drug-likeness (QED) is 0.0773. The molecule has 0 aliphatic carbocycles. The number of phenols is 3. The van der Waals surface area contributed by atoms with E-state index in [1.165, 1.54) is 43.5 Å². The molecule has 5 heterocycles. The fourth-order valence-corrected chi connectivity index (χ4v) is 8.63. The van der Waals surface area contributed by atoms with Crippen molar-refractivity contribution in [3.8, 4) is 40.2 Å². The molecule has 374 valence electrons. The summed E-state index contributed by atoms with van der Waals surface area (Å²) in [6, 6.07) is 10.7. The molecule has 68 heavy (non-hydrogen) atoms. The third-order valence-corrected chi connectivity index (χ3v) is 12.3. The van der Waals surface area contributed by atoms with Gasteiger partial charge in [0.15, 0.2) is 66.3 Å². The summed E-state index contributed by atoms with van der Waals surface area (Å²) >= 11 is 0. The molecule has 0 spiro atoms. The average molecular weight is 969 g/mol. The molecule has 5 aliphatic rings. The molecule has 3 aromatic carbocycles. The van der Waals surface area contributed by atoms with E-state index in [1.54, 1.807) is 0 Å². The number of carbonyl (C=O) groups is 1. The van der Waals surface area contributed by atoms with Crippen LogP contribution in [0, 0.1) is 0 Å². The second-order valence-electron chi connectivity index (χ2n) is 16.7. The Morgan fingerprint density at radius 2 is 1.13 bits per heavy atom. The smallest absolute Gasteiger partial charge is 0.202 e. The van der Waals surface area contributed by atoms with Gasteiger partial charge in [0.1, 0.15) is 96.1 Å². The summed E-state index contributed by atoms with van der Waals surface area (Å²) in [6.45, 7) is -3.06. The minimum absolute atomic E-state index is 0.0472. The van der Waals surface area contributed by atoms with Gasteiger partial charge in [-0.15, -0.1) is 0 Å². The maximum Gasteiger partial charge on any atom is 0.202 e. The number of hydrogen-bond donors (Lipinski definition) is 14. The molecule has 3 saturated heterocycles. The Hall–Kier alpha value is -4.75. The molecule has 0 amide bonds. The number of phenolic OH excluding ortho intramolecular Hbond substituents is 3. The van der Waals surface area contributed by atoms with Gasteiger partial charge in [0.05, 0.1) is 33.5 Å². The van der Waals surface area contributed by atoms with E-state index in [1.807, 2.05) is 0 Å². The van der Waals surface area contributed by atoms with Gasteiger partial charge in [-0.25, -0.2) is 0 Å². The molecule has 5 aliphatic heterocycles. The summed E-state index contributed by atoms with van der Waals surface area (Å²) in [5.41, 5.74) is 0.263. The number of fused-ring (bicyclic) bond motifs is 2. The summed E-state index contributed by atoms with van der Waals surface area (Å²) in [7, 11) is 1.32. The van der Waals surface area contributed by atoms with Crippen molar-refractivity contribution in [1.82, 2.24) is 0 Å². The van der Waals surface area contributed by atoms with E-state index in [0.29, 0.717) is 5.56 Å². The molecule has 0 unspecified atom stereocenters. The standard InChI is InChI=1S/C43H52O25/c1-59-20-6-14(2-4-17(20)48)37-26(61-19-5-3-15(7-21(19)62-37)38-32(54)30(52)27-18(49)8-16(47)9-22(27)63-38)13-60-41-36(58)40(29(51)24(11-45)64-41)68-43-35(57)33(55)39(25(12-46)66-43)67-42-34(56)31(53)28(50)23(10-44)65-42/h2-9,23-26,28-29,31-51,53-58H,10-13H2,1H3/t23-,24-,25-,26+,28-,29+,31+,32+,33-,34-,35-,36-,37+,38-,39-,40+,41-,42-,43-/m1/s1. The Morgan fingerprint density at radius 1 is 0.529 bits per heavy atom. The van der Waals surface area contributed by atoms with Gasteiger partial charge in [-0.3, -0.25) is 4.79 Å². The lowest BCUT2D eigenvalue weighted by Gasteiger charge is -2.48. The number of aliphatic hydroxyl groups is 11. The van der Waals surface area contributed by atoms with Gasteiger partial charge in [0, 0.05) is 17.7 Å². The van der Waals surface area contributed by atoms with Crippen molar-refractivity contribution in [2.24, 2.45) is 0 Å². The van der Waals surface area contributed by atoms with Crippen molar-refractivity contribution in [2.45, 2.75) is 117 Å². The molecular formula is C43H52O25. The molecule has 8 rings (SSSR count). The Bertz CT molecular complexity index is 2240. The van der Waals surface area contributed by atoms with Crippen LogP contribution in [0.2, 0.25) is 0 Å². The first-order chi connectivity index (χ1) is 32.5. The second-order valence-corrected chi connectivity index (χ2v) is 16.7. The average Bonchev–Trinajstić information content (AvgIpc) is 3.32. The van der Waals surface area contributed by atoms with Crippen molar-refractivity contribution in [1.29, 1.82) is 0 Å². The first-order valence-corrected chi connectivity index (χ1v) is 21.2. The summed E-state index contributed by atoms with van der Waals surface area (Å²) in [5.74, 6) is -2.01. The third kappa shape index (κ3) is 9.34.